The van der Waals surface area contributed by atoms with Gasteiger partial charge in [0.15, 0.2) is 0 Å². The van der Waals surface area contributed by atoms with E-state index in [0.29, 0.717) is 0 Å². The topological polar surface area (TPSA) is 48.0 Å². The minimum atomic E-state index is 0.815. The first-order valence-electron chi connectivity index (χ1n) is 15.4. The summed E-state index contributed by atoms with van der Waals surface area (Å²) in [6.45, 7) is 0. The zero-order valence-corrected chi connectivity index (χ0v) is 24.8. The number of benzene rings is 4. The third-order valence-corrected chi connectivity index (χ3v) is 8.63. The number of imidazole rings is 1. The molecule has 0 unspecified atom stereocenters. The molecule has 9 aromatic rings. The average molecular weight is 590 g/mol. The first-order valence-corrected chi connectivity index (χ1v) is 15.4. The zero-order chi connectivity index (χ0) is 30.5. The van der Waals surface area contributed by atoms with E-state index in [-0.39, 0.29) is 0 Å². The van der Waals surface area contributed by atoms with Crippen molar-refractivity contribution in [3.8, 4) is 50.7 Å². The van der Waals surface area contributed by atoms with E-state index in [2.05, 4.69) is 134 Å². The minimum absolute atomic E-state index is 0.815. The number of hydrogen-bond acceptors (Lipinski definition) is 3. The lowest BCUT2D eigenvalue weighted by Gasteiger charge is -2.11. The van der Waals surface area contributed by atoms with E-state index in [1.165, 1.54) is 27.5 Å². The van der Waals surface area contributed by atoms with Crippen LogP contribution in [0.5, 0.6) is 0 Å². The molecule has 5 nitrogen and oxygen atoms in total. The summed E-state index contributed by atoms with van der Waals surface area (Å²) in [7, 11) is 0. The summed E-state index contributed by atoms with van der Waals surface area (Å²) in [5, 5.41) is 1.22. The monoisotopic (exact) mass is 589 g/mol. The Morgan fingerprint density at radius 1 is 0.413 bits per heavy atom. The Balaban J connectivity index is 1.25. The number of nitrogens with zero attached hydrogens (tertiary/aromatic N) is 5. The van der Waals surface area contributed by atoms with Crippen LogP contribution in [0, 0.1) is 0 Å². The van der Waals surface area contributed by atoms with Gasteiger partial charge in [0.05, 0.1) is 39.3 Å². The fourth-order valence-corrected chi connectivity index (χ4v) is 6.58. The van der Waals surface area contributed by atoms with Crippen molar-refractivity contribution in [1.82, 2.24) is 23.9 Å². The van der Waals surface area contributed by atoms with E-state index < -0.39 is 0 Å². The van der Waals surface area contributed by atoms with Crippen LogP contribution in [0.4, 0.5) is 0 Å². The van der Waals surface area contributed by atoms with Crippen LogP contribution in [0.1, 0.15) is 0 Å². The van der Waals surface area contributed by atoms with E-state index in [0.717, 1.165) is 50.8 Å². The molecule has 9 rings (SSSR count). The van der Waals surface area contributed by atoms with E-state index >= 15 is 0 Å². The molecule has 0 N–H and O–H groups in total. The molecule has 5 heteroatoms. The number of para-hydroxylation sites is 4. The molecule has 0 aliphatic carbocycles. The number of pyridine rings is 3. The van der Waals surface area contributed by atoms with E-state index in [4.69, 9.17) is 4.98 Å². The Bertz CT molecular complexity index is 2440. The average Bonchev–Trinajstić information content (AvgIpc) is 3.65. The number of rotatable bonds is 5. The largest absolute Gasteiger partial charge is 0.293 e. The van der Waals surface area contributed by atoms with Gasteiger partial charge in [0, 0.05) is 29.0 Å². The van der Waals surface area contributed by atoms with Crippen LogP contribution in [-0.4, -0.2) is 23.9 Å². The van der Waals surface area contributed by atoms with Crippen LogP contribution >= 0.6 is 0 Å². The van der Waals surface area contributed by atoms with E-state index in [9.17, 15) is 0 Å². The molecule has 0 spiro atoms. The summed E-state index contributed by atoms with van der Waals surface area (Å²) in [5.41, 5.74) is 13.7. The highest BCUT2D eigenvalue weighted by molar-refractivity contribution is 6.09. The molecular weight excluding hydrogens is 562 g/mol. The van der Waals surface area contributed by atoms with E-state index in [1.807, 2.05) is 36.4 Å². The van der Waals surface area contributed by atoms with Gasteiger partial charge in [0.25, 0.3) is 0 Å². The van der Waals surface area contributed by atoms with Crippen LogP contribution in [0.25, 0.3) is 78.3 Å². The van der Waals surface area contributed by atoms with Crippen molar-refractivity contribution in [2.24, 2.45) is 0 Å². The maximum absolute atomic E-state index is 4.95. The second-order valence-corrected chi connectivity index (χ2v) is 11.3. The highest BCUT2D eigenvalue weighted by atomic mass is 15.1. The fraction of sp³-hybridized carbons (Fsp3) is 0. The molecule has 0 fully saturated rings. The quantitative estimate of drug-likeness (QED) is 0.201. The standard InChI is InChI=1S/C41H27N5/c1-2-12-31(13-3-1)45-38-18-6-7-19-39(38)46-37-17-5-4-14-32(37)40(41(45)46)29-22-20-28(21-23-29)30-26-35(33-15-8-10-24-42-33)44-36(27-30)34-16-9-11-25-43-34/h1-27H. The Morgan fingerprint density at radius 2 is 0.978 bits per heavy atom. The van der Waals surface area contributed by atoms with Crippen LogP contribution in [0.3, 0.4) is 0 Å². The molecule has 46 heavy (non-hydrogen) atoms. The molecule has 5 aromatic heterocycles. The van der Waals surface area contributed by atoms with Gasteiger partial charge in [-0.3, -0.25) is 18.9 Å². The highest BCUT2D eigenvalue weighted by Gasteiger charge is 2.22. The van der Waals surface area contributed by atoms with Gasteiger partial charge in [-0.25, -0.2) is 4.98 Å². The molecule has 0 atom stereocenters. The molecule has 4 aromatic carbocycles. The summed E-state index contributed by atoms with van der Waals surface area (Å²) in [4.78, 5) is 14.1. The van der Waals surface area contributed by atoms with Gasteiger partial charge in [-0.05, 0) is 83.4 Å². The maximum Gasteiger partial charge on any atom is 0.131 e. The Labute approximate surface area is 265 Å². The van der Waals surface area contributed by atoms with Crippen molar-refractivity contribution in [2.75, 3.05) is 0 Å². The number of aromatic nitrogens is 5. The molecule has 0 aliphatic rings. The highest BCUT2D eigenvalue weighted by Crippen LogP contribution is 2.41. The fourth-order valence-electron chi connectivity index (χ4n) is 6.58. The number of hydrogen-bond donors (Lipinski definition) is 0. The Morgan fingerprint density at radius 3 is 1.63 bits per heavy atom. The van der Waals surface area contributed by atoms with Crippen molar-refractivity contribution in [3.05, 3.63) is 164 Å². The van der Waals surface area contributed by atoms with Crippen molar-refractivity contribution >= 4 is 27.6 Å². The van der Waals surface area contributed by atoms with Crippen molar-refractivity contribution in [1.29, 1.82) is 0 Å². The normalized spacial score (nSPS) is 11.5. The molecule has 0 aliphatic heterocycles. The second-order valence-electron chi connectivity index (χ2n) is 11.3. The number of fused-ring (bicyclic) bond motifs is 5. The molecule has 0 saturated carbocycles. The lowest BCUT2D eigenvalue weighted by molar-refractivity contribution is 1.15. The van der Waals surface area contributed by atoms with Crippen LogP contribution in [0.15, 0.2) is 164 Å². The molecule has 0 bridgehead atoms. The smallest absolute Gasteiger partial charge is 0.131 e. The molecule has 0 saturated heterocycles. The van der Waals surface area contributed by atoms with Gasteiger partial charge < -0.3 is 0 Å². The SMILES string of the molecule is c1ccc(-n2c3ccccc3n3c4ccccc4c(-c4ccc(-c5cc(-c6ccccn6)nc(-c6ccccn6)c5)cc4)c23)cc1. The lowest BCUT2D eigenvalue weighted by Crippen LogP contribution is -1.95. The lowest BCUT2D eigenvalue weighted by atomic mass is 9.98. The van der Waals surface area contributed by atoms with Crippen molar-refractivity contribution < 1.29 is 0 Å². The van der Waals surface area contributed by atoms with Crippen LogP contribution < -0.4 is 0 Å². The summed E-state index contributed by atoms with van der Waals surface area (Å²) in [6, 6.07) is 52.9. The third-order valence-electron chi connectivity index (χ3n) is 8.63. The Hall–Kier alpha value is -6.33. The zero-order valence-electron chi connectivity index (χ0n) is 24.8. The van der Waals surface area contributed by atoms with Gasteiger partial charge in [-0.15, -0.1) is 0 Å². The molecule has 216 valence electrons. The minimum Gasteiger partial charge on any atom is -0.293 e. The molecule has 0 radical (unpaired) electrons. The summed E-state index contributed by atoms with van der Waals surface area (Å²) >= 11 is 0. The summed E-state index contributed by atoms with van der Waals surface area (Å²) < 4.78 is 4.79. The third kappa shape index (κ3) is 4.21. The van der Waals surface area contributed by atoms with Gasteiger partial charge >= 0.3 is 0 Å². The Kier molecular flexibility index (Phi) is 6.06. The predicted octanol–water partition coefficient (Wildman–Crippen LogP) is 9.89. The second kappa shape index (κ2) is 10.7. The van der Waals surface area contributed by atoms with Crippen LogP contribution in [-0.2, 0) is 0 Å². The predicted molar refractivity (Wildman–Crippen MR) is 187 cm³/mol. The first-order chi connectivity index (χ1) is 22.8. The molecule has 0 amide bonds. The van der Waals surface area contributed by atoms with Crippen LogP contribution in [0.2, 0.25) is 0 Å². The maximum atomic E-state index is 4.95. The summed E-state index contributed by atoms with van der Waals surface area (Å²) in [5.74, 6) is 0. The first kappa shape index (κ1) is 26.1. The van der Waals surface area contributed by atoms with Gasteiger partial charge in [0.2, 0.25) is 0 Å². The summed E-state index contributed by atoms with van der Waals surface area (Å²) in [6.07, 6.45) is 3.60. The van der Waals surface area contributed by atoms with Gasteiger partial charge in [0.1, 0.15) is 5.65 Å². The van der Waals surface area contributed by atoms with Crippen molar-refractivity contribution in [3.63, 3.8) is 0 Å². The van der Waals surface area contributed by atoms with Gasteiger partial charge in [-0.2, -0.15) is 0 Å². The van der Waals surface area contributed by atoms with Gasteiger partial charge in [-0.1, -0.05) is 84.9 Å². The van der Waals surface area contributed by atoms with E-state index in [1.54, 1.807) is 12.4 Å². The molecule has 5 heterocycles. The molecular formula is C41H27N5. The van der Waals surface area contributed by atoms with Crippen molar-refractivity contribution in [2.45, 2.75) is 0 Å².